The lowest BCUT2D eigenvalue weighted by molar-refractivity contribution is 0.559. The first kappa shape index (κ1) is 12.0. The Morgan fingerprint density at radius 3 is 2.35 bits per heavy atom. The zero-order valence-electron chi connectivity index (χ0n) is 10.1. The van der Waals surface area contributed by atoms with Gasteiger partial charge in [0.25, 0.3) is 0 Å². The lowest BCUT2D eigenvalue weighted by Crippen LogP contribution is -2.53. The van der Waals surface area contributed by atoms with Crippen molar-refractivity contribution < 1.29 is 4.39 Å². The summed E-state index contributed by atoms with van der Waals surface area (Å²) < 4.78 is 12.9. The van der Waals surface area contributed by atoms with Gasteiger partial charge in [-0.05, 0) is 63.3 Å². The van der Waals surface area contributed by atoms with E-state index in [1.54, 1.807) is 12.1 Å². The second-order valence-electron chi connectivity index (χ2n) is 4.75. The van der Waals surface area contributed by atoms with Crippen LogP contribution in [-0.2, 0) is 0 Å². The van der Waals surface area contributed by atoms with Gasteiger partial charge in [0.05, 0.1) is 5.54 Å². The zero-order chi connectivity index (χ0) is 12.6. The van der Waals surface area contributed by atoms with Gasteiger partial charge in [0.1, 0.15) is 5.82 Å². The van der Waals surface area contributed by atoms with Crippen LogP contribution in [0.15, 0.2) is 36.0 Å². The highest BCUT2D eigenvalue weighted by Crippen LogP contribution is 2.25. The summed E-state index contributed by atoms with van der Waals surface area (Å²) in [6.45, 7) is 6.12. The van der Waals surface area contributed by atoms with Crippen LogP contribution in [-0.4, -0.2) is 10.7 Å². The van der Waals surface area contributed by atoms with Gasteiger partial charge in [-0.2, -0.15) is 0 Å². The second kappa shape index (κ2) is 4.11. The summed E-state index contributed by atoms with van der Waals surface area (Å²) >= 11 is 5.35. The maximum Gasteiger partial charge on any atom is 0.178 e. The first-order valence-corrected chi connectivity index (χ1v) is 5.87. The Balaban J connectivity index is 2.39. The molecule has 17 heavy (non-hydrogen) atoms. The molecule has 1 aromatic rings. The molecule has 90 valence electrons. The molecule has 0 spiro atoms. The number of benzene rings is 1. The normalized spacial score (nSPS) is 18.7. The van der Waals surface area contributed by atoms with E-state index in [4.69, 9.17) is 12.2 Å². The van der Waals surface area contributed by atoms with Crippen LogP contribution in [0.3, 0.4) is 0 Å². The summed E-state index contributed by atoms with van der Waals surface area (Å²) in [7, 11) is 0. The summed E-state index contributed by atoms with van der Waals surface area (Å²) in [4.78, 5) is 1.90. The molecular weight excluding hydrogens is 235 g/mol. The van der Waals surface area contributed by atoms with Gasteiger partial charge >= 0.3 is 0 Å². The van der Waals surface area contributed by atoms with Crippen LogP contribution in [0, 0.1) is 5.82 Å². The minimum atomic E-state index is -0.244. The molecule has 1 aliphatic rings. The molecule has 0 unspecified atom stereocenters. The van der Waals surface area contributed by atoms with Gasteiger partial charge in [0.15, 0.2) is 5.11 Å². The number of nitrogens with zero attached hydrogens (tertiary/aromatic N) is 1. The molecule has 1 aliphatic heterocycles. The molecule has 0 amide bonds. The summed E-state index contributed by atoms with van der Waals surface area (Å²) in [5.74, 6) is -0.244. The molecule has 1 aromatic carbocycles. The van der Waals surface area contributed by atoms with Crippen LogP contribution >= 0.6 is 12.2 Å². The van der Waals surface area contributed by atoms with Crippen molar-refractivity contribution in [2.45, 2.75) is 26.3 Å². The van der Waals surface area contributed by atoms with Gasteiger partial charge < -0.3 is 5.32 Å². The van der Waals surface area contributed by atoms with E-state index in [0.717, 1.165) is 11.4 Å². The number of hydrogen-bond donors (Lipinski definition) is 1. The number of allylic oxidation sites excluding steroid dienone is 1. The average molecular weight is 250 g/mol. The zero-order valence-corrected chi connectivity index (χ0v) is 10.9. The van der Waals surface area contributed by atoms with Crippen molar-refractivity contribution >= 4 is 23.0 Å². The third-order valence-corrected chi connectivity index (χ3v) is 2.92. The summed E-state index contributed by atoms with van der Waals surface area (Å²) in [6.07, 6.45) is 2.10. The SMILES string of the molecule is CC1=CC(C)(C)NC(=S)N1c1ccc(F)cc1. The molecule has 0 atom stereocenters. The number of nitrogens with one attached hydrogen (secondary N) is 1. The molecule has 2 rings (SSSR count). The molecular formula is C13H15FN2S. The molecule has 0 radical (unpaired) electrons. The standard InChI is InChI=1S/C13H15FN2S/c1-9-8-13(2,3)15-12(17)16(9)11-6-4-10(14)5-7-11/h4-8H,1-3H3,(H,15,17). The van der Waals surface area contributed by atoms with Gasteiger partial charge in [0, 0.05) is 11.4 Å². The van der Waals surface area contributed by atoms with E-state index < -0.39 is 0 Å². The van der Waals surface area contributed by atoms with Crippen LogP contribution < -0.4 is 10.2 Å². The predicted octanol–water partition coefficient (Wildman–Crippen LogP) is 3.20. The summed E-state index contributed by atoms with van der Waals surface area (Å²) in [5, 5.41) is 3.88. The van der Waals surface area contributed by atoms with E-state index in [2.05, 4.69) is 25.2 Å². The number of rotatable bonds is 1. The van der Waals surface area contributed by atoms with Gasteiger partial charge in [-0.1, -0.05) is 0 Å². The van der Waals surface area contributed by atoms with E-state index in [1.807, 2.05) is 11.8 Å². The largest absolute Gasteiger partial charge is 0.354 e. The highest BCUT2D eigenvalue weighted by Gasteiger charge is 2.27. The van der Waals surface area contributed by atoms with Crippen LogP contribution in [0.25, 0.3) is 0 Å². The Hall–Kier alpha value is -1.42. The maximum absolute atomic E-state index is 12.9. The van der Waals surface area contributed by atoms with E-state index >= 15 is 0 Å². The van der Waals surface area contributed by atoms with E-state index in [0.29, 0.717) is 5.11 Å². The minimum absolute atomic E-state index is 0.141. The van der Waals surface area contributed by atoms with Crippen molar-refractivity contribution in [1.29, 1.82) is 0 Å². The first-order valence-electron chi connectivity index (χ1n) is 5.46. The average Bonchev–Trinajstić information content (AvgIpc) is 2.18. The smallest absolute Gasteiger partial charge is 0.178 e. The van der Waals surface area contributed by atoms with Gasteiger partial charge in [-0.25, -0.2) is 4.39 Å². The molecule has 0 saturated carbocycles. The Kier molecular flexibility index (Phi) is 2.91. The molecule has 0 aliphatic carbocycles. The van der Waals surface area contributed by atoms with Gasteiger partial charge in [0.2, 0.25) is 0 Å². The van der Waals surface area contributed by atoms with Crippen molar-refractivity contribution in [1.82, 2.24) is 5.32 Å². The number of thiocarbonyl (C=S) groups is 1. The van der Waals surface area contributed by atoms with Crippen molar-refractivity contribution in [3.05, 3.63) is 41.9 Å². The summed E-state index contributed by atoms with van der Waals surface area (Å²) in [5.41, 5.74) is 1.77. The number of hydrogen-bond acceptors (Lipinski definition) is 1. The van der Waals surface area contributed by atoms with Crippen LogP contribution in [0.4, 0.5) is 10.1 Å². The van der Waals surface area contributed by atoms with Gasteiger partial charge in [-0.3, -0.25) is 4.90 Å². The first-order chi connectivity index (χ1) is 7.89. The Bertz CT molecular complexity index is 477. The van der Waals surface area contributed by atoms with E-state index in [9.17, 15) is 4.39 Å². The fourth-order valence-corrected chi connectivity index (χ4v) is 2.54. The molecule has 2 nitrogen and oxygen atoms in total. The Labute approximate surface area is 106 Å². The third-order valence-electron chi connectivity index (χ3n) is 2.64. The topological polar surface area (TPSA) is 15.3 Å². The highest BCUT2D eigenvalue weighted by atomic mass is 32.1. The van der Waals surface area contributed by atoms with Crippen molar-refractivity contribution in [2.24, 2.45) is 0 Å². The van der Waals surface area contributed by atoms with E-state index in [-0.39, 0.29) is 11.4 Å². The van der Waals surface area contributed by atoms with Gasteiger partial charge in [-0.15, -0.1) is 0 Å². The molecule has 0 saturated heterocycles. The van der Waals surface area contributed by atoms with Crippen LogP contribution in [0.1, 0.15) is 20.8 Å². The molecule has 4 heteroatoms. The fourth-order valence-electron chi connectivity index (χ4n) is 2.03. The quantitative estimate of drug-likeness (QED) is 0.771. The highest BCUT2D eigenvalue weighted by molar-refractivity contribution is 7.80. The molecule has 1 N–H and O–H groups in total. The predicted molar refractivity (Wildman–Crippen MR) is 72.4 cm³/mol. The van der Waals surface area contributed by atoms with Crippen molar-refractivity contribution in [2.75, 3.05) is 4.90 Å². The fraction of sp³-hybridized carbons (Fsp3) is 0.308. The molecule has 0 aromatic heterocycles. The molecule has 1 heterocycles. The lowest BCUT2D eigenvalue weighted by Gasteiger charge is -2.38. The second-order valence-corrected chi connectivity index (χ2v) is 5.14. The monoisotopic (exact) mass is 250 g/mol. The van der Waals surface area contributed by atoms with Crippen LogP contribution in [0.5, 0.6) is 0 Å². The minimum Gasteiger partial charge on any atom is -0.354 e. The Morgan fingerprint density at radius 2 is 1.82 bits per heavy atom. The maximum atomic E-state index is 12.9. The summed E-state index contributed by atoms with van der Waals surface area (Å²) in [6, 6.07) is 6.31. The molecule has 0 bridgehead atoms. The van der Waals surface area contributed by atoms with Crippen molar-refractivity contribution in [3.63, 3.8) is 0 Å². The van der Waals surface area contributed by atoms with Crippen molar-refractivity contribution in [3.8, 4) is 0 Å². The van der Waals surface area contributed by atoms with E-state index in [1.165, 1.54) is 12.1 Å². The third kappa shape index (κ3) is 2.47. The Morgan fingerprint density at radius 1 is 1.24 bits per heavy atom. The number of anilines is 1. The van der Waals surface area contributed by atoms with Crippen LogP contribution in [0.2, 0.25) is 0 Å². The molecule has 0 fully saturated rings. The lowest BCUT2D eigenvalue weighted by atomic mass is 10.0. The number of halogens is 1.